The van der Waals surface area contributed by atoms with Gasteiger partial charge < -0.3 is 9.47 Å². The summed E-state index contributed by atoms with van der Waals surface area (Å²) in [7, 11) is 0. The van der Waals surface area contributed by atoms with Crippen LogP contribution in [0.5, 0.6) is 0 Å². The highest BCUT2D eigenvalue weighted by atomic mass is 16.7. The minimum atomic E-state index is -0.295. The van der Waals surface area contributed by atoms with E-state index in [0.29, 0.717) is 12.5 Å². The summed E-state index contributed by atoms with van der Waals surface area (Å²) in [5.41, 5.74) is 0. The molecule has 0 N–H and O–H groups in total. The Hall–Kier alpha value is -0.570. The van der Waals surface area contributed by atoms with Gasteiger partial charge in [-0.05, 0) is 12.3 Å². The van der Waals surface area contributed by atoms with E-state index in [-0.39, 0.29) is 12.3 Å². The van der Waals surface area contributed by atoms with E-state index in [4.69, 9.17) is 9.47 Å². The average Bonchev–Trinajstić information content (AvgIpc) is 1.85. The van der Waals surface area contributed by atoms with Gasteiger partial charge in [-0.2, -0.15) is 0 Å². The van der Waals surface area contributed by atoms with Gasteiger partial charge in [0.2, 0.25) is 6.29 Å². The Morgan fingerprint density at radius 2 is 2.36 bits per heavy atom. The molecule has 0 bridgehead atoms. The summed E-state index contributed by atoms with van der Waals surface area (Å²) in [6.45, 7) is 4.25. The number of hydrogen-bond acceptors (Lipinski definition) is 3. The summed E-state index contributed by atoms with van der Waals surface area (Å²) in [4.78, 5) is 10.5. The van der Waals surface area contributed by atoms with Gasteiger partial charge in [-0.3, -0.25) is 4.79 Å². The minimum Gasteiger partial charge on any atom is -0.436 e. The zero-order valence-corrected chi connectivity index (χ0v) is 7.00. The Kier molecular flexibility index (Phi) is 2.88. The Morgan fingerprint density at radius 1 is 1.64 bits per heavy atom. The Labute approximate surface area is 66.7 Å². The molecule has 3 nitrogen and oxygen atoms in total. The van der Waals surface area contributed by atoms with Gasteiger partial charge in [0, 0.05) is 13.3 Å². The Morgan fingerprint density at radius 3 is 2.91 bits per heavy atom. The molecule has 2 atom stereocenters. The molecule has 11 heavy (non-hydrogen) atoms. The molecule has 0 aromatic carbocycles. The maximum atomic E-state index is 10.5. The van der Waals surface area contributed by atoms with E-state index in [2.05, 4.69) is 6.92 Å². The van der Waals surface area contributed by atoms with Crippen LogP contribution in [0.2, 0.25) is 0 Å². The van der Waals surface area contributed by atoms with Gasteiger partial charge in [-0.25, -0.2) is 0 Å². The molecule has 0 radical (unpaired) electrons. The van der Waals surface area contributed by atoms with Crippen LogP contribution < -0.4 is 0 Å². The predicted octanol–water partition coefficient (Wildman–Crippen LogP) is 1.32. The third kappa shape index (κ3) is 2.89. The molecule has 1 aliphatic heterocycles. The highest BCUT2D eigenvalue weighted by molar-refractivity contribution is 5.66. The fraction of sp³-hybridized carbons (Fsp3) is 0.875. The average molecular weight is 158 g/mol. The van der Waals surface area contributed by atoms with Crippen molar-refractivity contribution >= 4 is 5.97 Å². The van der Waals surface area contributed by atoms with Gasteiger partial charge in [-0.15, -0.1) is 0 Å². The van der Waals surface area contributed by atoms with Crippen molar-refractivity contribution in [2.75, 3.05) is 6.61 Å². The van der Waals surface area contributed by atoms with Crippen LogP contribution in [0.25, 0.3) is 0 Å². The molecule has 0 saturated carbocycles. The van der Waals surface area contributed by atoms with E-state index >= 15 is 0 Å². The van der Waals surface area contributed by atoms with Crippen LogP contribution in [0.3, 0.4) is 0 Å². The molecule has 0 spiro atoms. The van der Waals surface area contributed by atoms with E-state index in [9.17, 15) is 4.79 Å². The second-order valence-electron chi connectivity index (χ2n) is 3.04. The summed E-state index contributed by atoms with van der Waals surface area (Å²) in [5.74, 6) is 0.345. The SMILES string of the molecule is CC(=O)O[C@H]1C[C@@H](C)CCO1. The summed E-state index contributed by atoms with van der Waals surface area (Å²) in [6, 6.07) is 0. The second kappa shape index (κ2) is 3.72. The maximum Gasteiger partial charge on any atom is 0.304 e. The molecule has 64 valence electrons. The minimum absolute atomic E-state index is 0.260. The summed E-state index contributed by atoms with van der Waals surface area (Å²) in [6.07, 6.45) is 1.61. The number of hydrogen-bond donors (Lipinski definition) is 0. The predicted molar refractivity (Wildman–Crippen MR) is 39.9 cm³/mol. The third-order valence-electron chi connectivity index (χ3n) is 1.81. The van der Waals surface area contributed by atoms with Crippen LogP contribution in [0.4, 0.5) is 0 Å². The smallest absolute Gasteiger partial charge is 0.304 e. The van der Waals surface area contributed by atoms with E-state index in [1.165, 1.54) is 6.92 Å². The number of esters is 1. The summed E-state index contributed by atoms with van der Waals surface area (Å²) < 4.78 is 10.1. The van der Waals surface area contributed by atoms with E-state index in [1.54, 1.807) is 0 Å². The van der Waals surface area contributed by atoms with E-state index in [1.807, 2.05) is 0 Å². The third-order valence-corrected chi connectivity index (χ3v) is 1.81. The Bertz CT molecular complexity index is 144. The molecule has 0 aromatic heterocycles. The first-order chi connectivity index (χ1) is 5.18. The van der Waals surface area contributed by atoms with E-state index in [0.717, 1.165) is 12.8 Å². The largest absolute Gasteiger partial charge is 0.436 e. The second-order valence-corrected chi connectivity index (χ2v) is 3.04. The lowest BCUT2D eigenvalue weighted by atomic mass is 10.0. The van der Waals surface area contributed by atoms with Gasteiger partial charge in [0.1, 0.15) is 0 Å². The maximum absolute atomic E-state index is 10.5. The molecule has 0 aliphatic carbocycles. The lowest BCUT2D eigenvalue weighted by molar-refractivity contribution is -0.188. The molecule has 1 rings (SSSR count). The molecule has 1 saturated heterocycles. The van der Waals surface area contributed by atoms with Crippen LogP contribution in [-0.4, -0.2) is 18.9 Å². The lowest BCUT2D eigenvalue weighted by Gasteiger charge is -2.26. The molecule has 1 heterocycles. The zero-order chi connectivity index (χ0) is 8.27. The van der Waals surface area contributed by atoms with Gasteiger partial charge in [0.05, 0.1) is 6.61 Å². The zero-order valence-electron chi connectivity index (χ0n) is 7.00. The van der Waals surface area contributed by atoms with Crippen LogP contribution in [0.15, 0.2) is 0 Å². The number of ether oxygens (including phenoxy) is 2. The first-order valence-corrected chi connectivity index (χ1v) is 3.97. The van der Waals surface area contributed by atoms with Gasteiger partial charge in [0.25, 0.3) is 0 Å². The van der Waals surface area contributed by atoms with Crippen molar-refractivity contribution in [1.82, 2.24) is 0 Å². The van der Waals surface area contributed by atoms with Crippen molar-refractivity contribution in [3.63, 3.8) is 0 Å². The van der Waals surface area contributed by atoms with Crippen molar-refractivity contribution in [1.29, 1.82) is 0 Å². The number of rotatable bonds is 1. The first-order valence-electron chi connectivity index (χ1n) is 3.97. The summed E-state index contributed by atoms with van der Waals surface area (Å²) >= 11 is 0. The van der Waals surface area contributed by atoms with E-state index < -0.39 is 0 Å². The fourth-order valence-corrected chi connectivity index (χ4v) is 1.18. The van der Waals surface area contributed by atoms with Crippen molar-refractivity contribution in [3.05, 3.63) is 0 Å². The molecule has 3 heteroatoms. The quantitative estimate of drug-likeness (QED) is 0.540. The molecule has 0 amide bonds. The number of carbonyl (C=O) groups is 1. The van der Waals surface area contributed by atoms with Gasteiger partial charge >= 0.3 is 5.97 Å². The molecule has 1 aliphatic rings. The van der Waals surface area contributed by atoms with Crippen LogP contribution in [0, 0.1) is 5.92 Å². The van der Waals surface area contributed by atoms with Crippen LogP contribution in [-0.2, 0) is 14.3 Å². The van der Waals surface area contributed by atoms with Gasteiger partial charge in [0.15, 0.2) is 0 Å². The topological polar surface area (TPSA) is 35.5 Å². The highest BCUT2D eigenvalue weighted by Gasteiger charge is 2.21. The van der Waals surface area contributed by atoms with Crippen LogP contribution in [0.1, 0.15) is 26.7 Å². The molecular formula is C8H14O3. The molecule has 0 aromatic rings. The monoisotopic (exact) mass is 158 g/mol. The first kappa shape index (κ1) is 8.53. The standard InChI is InChI=1S/C8H14O3/c1-6-3-4-10-8(5-6)11-7(2)9/h6,8H,3-5H2,1-2H3/t6-,8-/m0/s1. The van der Waals surface area contributed by atoms with Crippen molar-refractivity contribution < 1.29 is 14.3 Å². The normalized spacial score (nSPS) is 31.5. The van der Waals surface area contributed by atoms with Crippen molar-refractivity contribution in [3.8, 4) is 0 Å². The van der Waals surface area contributed by atoms with Crippen LogP contribution >= 0.6 is 0 Å². The molecule has 1 fully saturated rings. The molecular weight excluding hydrogens is 144 g/mol. The molecule has 0 unspecified atom stereocenters. The lowest BCUT2D eigenvalue weighted by Crippen LogP contribution is -2.28. The summed E-state index contributed by atoms with van der Waals surface area (Å²) in [5, 5.41) is 0. The highest BCUT2D eigenvalue weighted by Crippen LogP contribution is 2.19. The van der Waals surface area contributed by atoms with Crippen molar-refractivity contribution in [2.45, 2.75) is 33.0 Å². The fourth-order valence-electron chi connectivity index (χ4n) is 1.18. The Balaban J connectivity index is 2.28. The van der Waals surface area contributed by atoms with Crippen molar-refractivity contribution in [2.24, 2.45) is 5.92 Å². The number of carbonyl (C=O) groups excluding carboxylic acids is 1. The van der Waals surface area contributed by atoms with Gasteiger partial charge in [-0.1, -0.05) is 6.92 Å².